The fourth-order valence-electron chi connectivity index (χ4n) is 4.13. The molecule has 0 unspecified atom stereocenters. The van der Waals surface area contributed by atoms with Crippen molar-refractivity contribution in [3.05, 3.63) is 63.7 Å². The molecule has 9 nitrogen and oxygen atoms in total. The summed E-state index contributed by atoms with van der Waals surface area (Å²) in [5, 5.41) is 6.01. The molecule has 1 saturated heterocycles. The van der Waals surface area contributed by atoms with E-state index in [9.17, 15) is 13.2 Å². The van der Waals surface area contributed by atoms with Crippen LogP contribution in [0.2, 0.25) is 5.02 Å². The highest BCUT2D eigenvalue weighted by molar-refractivity contribution is 7.93. The lowest BCUT2D eigenvalue weighted by Gasteiger charge is -2.19. The quantitative estimate of drug-likeness (QED) is 0.509. The van der Waals surface area contributed by atoms with E-state index < -0.39 is 15.6 Å². The fourth-order valence-corrected chi connectivity index (χ4v) is 5.72. The molecule has 0 bridgehead atoms. The molecule has 3 heterocycles. The minimum Gasteiger partial charge on any atom is -0.472 e. The Morgan fingerprint density at radius 1 is 1.21 bits per heavy atom. The van der Waals surface area contributed by atoms with E-state index in [2.05, 4.69) is 19.9 Å². The van der Waals surface area contributed by atoms with Gasteiger partial charge in [-0.15, -0.1) is 0 Å². The smallest absolute Gasteiger partial charge is 0.285 e. The highest BCUT2D eigenvalue weighted by atomic mass is 35.5. The standard InChI is InChI=1S/C23H24ClN5O4S/c1-14-10-16(28-34(31,32)18-3-4-18)2-5-19(14)15-6-8-25-21(11-15)33-17-7-9-29(13-17)20-12-26-27-23(30)22(20)24/h2,5-6,8,10-12,17-18,28H,3-4,7,9,13H2,1H3,(H,27,30)/t17-/m1/s1. The number of aromatic amines is 1. The van der Waals surface area contributed by atoms with Gasteiger partial charge in [-0.25, -0.2) is 18.5 Å². The summed E-state index contributed by atoms with van der Waals surface area (Å²) in [6.07, 6.45) is 5.32. The number of benzene rings is 1. The molecule has 1 aliphatic carbocycles. The van der Waals surface area contributed by atoms with E-state index in [4.69, 9.17) is 16.3 Å². The van der Waals surface area contributed by atoms with Crippen molar-refractivity contribution in [2.45, 2.75) is 37.5 Å². The third-order valence-electron chi connectivity index (χ3n) is 6.05. The van der Waals surface area contributed by atoms with Crippen LogP contribution < -0.4 is 19.9 Å². The van der Waals surface area contributed by atoms with E-state index in [1.165, 1.54) is 0 Å². The molecule has 34 heavy (non-hydrogen) atoms. The molecule has 1 saturated carbocycles. The molecule has 1 aromatic carbocycles. The number of aryl methyl sites for hydroxylation is 1. The number of ether oxygens (including phenoxy) is 1. The highest BCUT2D eigenvalue weighted by Crippen LogP contribution is 2.32. The summed E-state index contributed by atoms with van der Waals surface area (Å²) in [6.45, 7) is 3.19. The number of pyridine rings is 1. The molecule has 2 N–H and O–H groups in total. The Labute approximate surface area is 202 Å². The molecule has 1 atom stereocenters. The molecule has 3 aromatic rings. The number of hydrogen-bond acceptors (Lipinski definition) is 7. The lowest BCUT2D eigenvalue weighted by atomic mass is 10.0. The minimum atomic E-state index is -3.30. The lowest BCUT2D eigenvalue weighted by Crippen LogP contribution is -2.26. The number of hydrogen-bond donors (Lipinski definition) is 2. The number of aromatic nitrogens is 3. The van der Waals surface area contributed by atoms with Gasteiger partial charge in [0.25, 0.3) is 5.56 Å². The van der Waals surface area contributed by atoms with Gasteiger partial charge in [-0.05, 0) is 54.7 Å². The van der Waals surface area contributed by atoms with Crippen LogP contribution in [-0.4, -0.2) is 48.0 Å². The molecule has 2 aliphatic rings. The number of halogens is 1. The van der Waals surface area contributed by atoms with Crippen LogP contribution in [-0.2, 0) is 10.0 Å². The maximum absolute atomic E-state index is 12.2. The van der Waals surface area contributed by atoms with Crippen molar-refractivity contribution in [3.63, 3.8) is 0 Å². The summed E-state index contributed by atoms with van der Waals surface area (Å²) >= 11 is 6.13. The van der Waals surface area contributed by atoms with Crippen molar-refractivity contribution < 1.29 is 13.2 Å². The summed E-state index contributed by atoms with van der Waals surface area (Å²) in [7, 11) is -3.30. The zero-order chi connectivity index (χ0) is 23.9. The molecule has 5 rings (SSSR count). The first-order valence-corrected chi connectivity index (χ1v) is 13.0. The predicted molar refractivity (Wildman–Crippen MR) is 131 cm³/mol. The van der Waals surface area contributed by atoms with Crippen LogP contribution in [0.1, 0.15) is 24.8 Å². The van der Waals surface area contributed by atoms with Gasteiger partial charge in [0, 0.05) is 30.9 Å². The van der Waals surface area contributed by atoms with Crippen LogP contribution in [0.15, 0.2) is 47.5 Å². The van der Waals surface area contributed by atoms with Gasteiger partial charge >= 0.3 is 0 Å². The summed E-state index contributed by atoms with van der Waals surface area (Å²) in [5.41, 5.74) is 3.58. The van der Waals surface area contributed by atoms with Gasteiger partial charge in [0.1, 0.15) is 11.1 Å². The Kier molecular flexibility index (Phi) is 5.95. The second-order valence-electron chi connectivity index (χ2n) is 8.63. The van der Waals surface area contributed by atoms with Crippen LogP contribution >= 0.6 is 11.6 Å². The largest absolute Gasteiger partial charge is 0.472 e. The first kappa shape index (κ1) is 22.7. The van der Waals surface area contributed by atoms with E-state index >= 15 is 0 Å². The van der Waals surface area contributed by atoms with E-state index in [1.807, 2.05) is 36.1 Å². The number of sulfonamides is 1. The lowest BCUT2D eigenvalue weighted by molar-refractivity contribution is 0.216. The molecule has 2 aromatic heterocycles. The average Bonchev–Trinajstić information content (AvgIpc) is 3.57. The Morgan fingerprint density at radius 2 is 2.03 bits per heavy atom. The molecule has 178 valence electrons. The van der Waals surface area contributed by atoms with Crippen molar-refractivity contribution in [3.8, 4) is 17.0 Å². The van der Waals surface area contributed by atoms with Crippen molar-refractivity contribution in [2.75, 3.05) is 22.7 Å². The minimum absolute atomic E-state index is 0.113. The Bertz CT molecular complexity index is 1390. The number of nitrogens with one attached hydrogen (secondary N) is 2. The highest BCUT2D eigenvalue weighted by Gasteiger charge is 2.35. The molecular formula is C23H24ClN5O4S. The van der Waals surface area contributed by atoms with Crippen molar-refractivity contribution in [1.82, 2.24) is 15.2 Å². The molecule has 0 radical (unpaired) electrons. The zero-order valence-corrected chi connectivity index (χ0v) is 20.1. The Balaban J connectivity index is 1.28. The van der Waals surface area contributed by atoms with Gasteiger partial charge < -0.3 is 9.64 Å². The van der Waals surface area contributed by atoms with Crippen LogP contribution in [0.4, 0.5) is 11.4 Å². The zero-order valence-electron chi connectivity index (χ0n) is 18.5. The monoisotopic (exact) mass is 501 g/mol. The van der Waals surface area contributed by atoms with Gasteiger partial charge in [0.2, 0.25) is 15.9 Å². The second kappa shape index (κ2) is 8.92. The molecule has 11 heteroatoms. The summed E-state index contributed by atoms with van der Waals surface area (Å²) in [5.74, 6) is 0.498. The van der Waals surface area contributed by atoms with E-state index in [0.717, 1.165) is 36.0 Å². The van der Waals surface area contributed by atoms with Crippen molar-refractivity contribution in [1.29, 1.82) is 0 Å². The molecule has 2 fully saturated rings. The molecular weight excluding hydrogens is 478 g/mol. The van der Waals surface area contributed by atoms with Gasteiger partial charge in [-0.3, -0.25) is 9.52 Å². The van der Waals surface area contributed by atoms with Gasteiger partial charge in [-0.2, -0.15) is 5.10 Å². The third kappa shape index (κ3) is 4.74. The van der Waals surface area contributed by atoms with Crippen LogP contribution in [0.3, 0.4) is 0 Å². The second-order valence-corrected chi connectivity index (χ2v) is 11.0. The van der Waals surface area contributed by atoms with Gasteiger partial charge in [-0.1, -0.05) is 17.7 Å². The Morgan fingerprint density at radius 3 is 2.79 bits per heavy atom. The third-order valence-corrected chi connectivity index (χ3v) is 8.28. The first-order valence-electron chi connectivity index (χ1n) is 11.0. The van der Waals surface area contributed by atoms with Gasteiger partial charge in [0.05, 0.1) is 23.7 Å². The summed E-state index contributed by atoms with van der Waals surface area (Å²) < 4.78 is 33.2. The summed E-state index contributed by atoms with van der Waals surface area (Å²) in [6, 6.07) is 9.28. The predicted octanol–water partition coefficient (Wildman–Crippen LogP) is 3.36. The number of anilines is 2. The van der Waals surface area contributed by atoms with Crippen LogP contribution in [0.25, 0.3) is 11.1 Å². The maximum atomic E-state index is 12.2. The number of nitrogens with zero attached hydrogens (tertiary/aromatic N) is 3. The first-order chi connectivity index (χ1) is 16.3. The SMILES string of the molecule is Cc1cc(NS(=O)(=O)C2CC2)ccc1-c1ccnc(O[C@@H]2CCN(c3cn[nH]c(=O)c3Cl)C2)c1. The topological polar surface area (TPSA) is 117 Å². The van der Waals surface area contributed by atoms with E-state index in [1.54, 1.807) is 18.5 Å². The van der Waals surface area contributed by atoms with Gasteiger partial charge in [0.15, 0.2) is 0 Å². The maximum Gasteiger partial charge on any atom is 0.285 e. The van der Waals surface area contributed by atoms with Crippen molar-refractivity contribution >= 4 is 33.0 Å². The molecule has 1 aliphatic heterocycles. The summed E-state index contributed by atoms with van der Waals surface area (Å²) in [4.78, 5) is 18.1. The fraction of sp³-hybridized carbons (Fsp3) is 0.348. The van der Waals surface area contributed by atoms with Crippen LogP contribution in [0, 0.1) is 6.92 Å². The normalized spacial score (nSPS) is 18.2. The van der Waals surface area contributed by atoms with E-state index in [0.29, 0.717) is 30.3 Å². The van der Waals surface area contributed by atoms with Crippen molar-refractivity contribution in [2.24, 2.45) is 0 Å². The number of rotatable bonds is 7. The van der Waals surface area contributed by atoms with Crippen LogP contribution in [0.5, 0.6) is 5.88 Å². The Hall–Kier alpha value is -3.11. The number of H-pyrrole nitrogens is 1. The molecule has 0 amide bonds. The van der Waals surface area contributed by atoms with E-state index in [-0.39, 0.29) is 16.4 Å². The molecule has 0 spiro atoms. The average molecular weight is 502 g/mol.